The lowest BCUT2D eigenvalue weighted by atomic mass is 9.50. The molecule has 1 aromatic carbocycles. The van der Waals surface area contributed by atoms with Gasteiger partial charge in [-0.25, -0.2) is 0 Å². The van der Waals surface area contributed by atoms with Crippen molar-refractivity contribution in [3.63, 3.8) is 0 Å². The lowest BCUT2D eigenvalue weighted by Crippen LogP contribution is -2.71. The summed E-state index contributed by atoms with van der Waals surface area (Å²) in [4.78, 5) is 2.85. The van der Waals surface area contributed by atoms with E-state index in [1.54, 1.807) is 0 Å². The van der Waals surface area contributed by atoms with Gasteiger partial charge in [-0.05, 0) is 178 Å². The molecule has 8 aliphatic rings. The van der Waals surface area contributed by atoms with Crippen molar-refractivity contribution in [2.45, 2.75) is 147 Å². The molecule has 4 heteroatoms. The van der Waals surface area contributed by atoms with Crippen LogP contribution >= 0.6 is 0 Å². The van der Waals surface area contributed by atoms with Gasteiger partial charge < -0.3 is 15.3 Å². The zero-order valence-electron chi connectivity index (χ0n) is 29.6. The maximum Gasteiger partial charge on any atom is 0.0861 e. The topological polar surface area (TPSA) is 63.9 Å². The van der Waals surface area contributed by atoms with E-state index in [0.29, 0.717) is 47.0 Å². The summed E-state index contributed by atoms with van der Waals surface area (Å²) in [6, 6.07) is 11.6. The summed E-state index contributed by atoms with van der Waals surface area (Å²) in [6.07, 6.45) is 20.1. The van der Waals surface area contributed by atoms with E-state index in [9.17, 15) is 15.3 Å². The molecule has 0 bridgehead atoms. The van der Waals surface area contributed by atoms with Crippen molar-refractivity contribution >= 4 is 0 Å². The highest BCUT2D eigenvalue weighted by molar-refractivity contribution is 5.19. The minimum absolute atomic E-state index is 0.163. The molecule has 1 spiro atoms. The molecule has 1 aromatic rings. The molecule has 3 N–H and O–H groups in total. The second kappa shape index (κ2) is 11.8. The van der Waals surface area contributed by atoms with Gasteiger partial charge in [0.15, 0.2) is 0 Å². The van der Waals surface area contributed by atoms with Crippen molar-refractivity contribution in [3.8, 4) is 0 Å². The first kappa shape index (κ1) is 32.0. The third kappa shape index (κ3) is 5.09. The monoisotopic (exact) mass is 643 g/mol. The third-order valence-electron chi connectivity index (χ3n) is 17.5. The Kier molecular flexibility index (Phi) is 8.04. The van der Waals surface area contributed by atoms with E-state index in [1.807, 2.05) is 0 Å². The summed E-state index contributed by atoms with van der Waals surface area (Å²) in [5.74, 6) is 6.02. The SMILES string of the molecule is C[C@@H]1CC[C@H]2N(CC3C(CC[C@@H]4[C@@H]5C[C@H](O)[C@@H]6C[C@@H](O)CC[C@]6(C)[C@@H]5C[C@H]34)[C@@]2(O)[C@H]2CCC[C@]3(CC[C@H](Cc4ccccc4)C3)C2)C1. The second-order valence-electron chi connectivity index (χ2n) is 19.7. The molecule has 16 atom stereocenters. The van der Waals surface area contributed by atoms with Crippen LogP contribution in [-0.2, 0) is 6.42 Å². The molecule has 9 rings (SSSR count). The third-order valence-corrected chi connectivity index (χ3v) is 17.5. The first-order valence-electron chi connectivity index (χ1n) is 20.5. The van der Waals surface area contributed by atoms with E-state index < -0.39 is 5.60 Å². The molecular formula is C43H65NO3. The fourth-order valence-electron chi connectivity index (χ4n) is 15.6. The number of aliphatic hydroxyl groups is 3. The van der Waals surface area contributed by atoms with E-state index >= 15 is 0 Å². The Hall–Kier alpha value is -0.940. The summed E-state index contributed by atoms with van der Waals surface area (Å²) in [5.41, 5.74) is 1.57. The van der Waals surface area contributed by atoms with Gasteiger partial charge in [0.05, 0.1) is 17.8 Å². The van der Waals surface area contributed by atoms with Gasteiger partial charge in [0, 0.05) is 19.1 Å². The number of piperidine rings is 2. The van der Waals surface area contributed by atoms with Crippen LogP contribution in [0, 0.1) is 70.0 Å². The van der Waals surface area contributed by atoms with Crippen LogP contribution in [0.2, 0.25) is 0 Å². The fourth-order valence-corrected chi connectivity index (χ4v) is 15.6. The van der Waals surface area contributed by atoms with Crippen LogP contribution in [0.4, 0.5) is 0 Å². The summed E-state index contributed by atoms with van der Waals surface area (Å²) in [7, 11) is 0. The van der Waals surface area contributed by atoms with Crippen molar-refractivity contribution in [3.05, 3.63) is 35.9 Å². The quantitative estimate of drug-likeness (QED) is 0.314. The lowest BCUT2D eigenvalue weighted by Gasteiger charge is -2.64. The molecular weight excluding hydrogens is 578 g/mol. The summed E-state index contributed by atoms with van der Waals surface area (Å²) in [5, 5.41) is 35.8. The summed E-state index contributed by atoms with van der Waals surface area (Å²) in [6.45, 7) is 7.34. The second-order valence-corrected chi connectivity index (χ2v) is 19.7. The number of fused-ring (bicyclic) bond motifs is 8. The minimum atomic E-state index is -0.548. The van der Waals surface area contributed by atoms with Crippen LogP contribution in [0.15, 0.2) is 30.3 Å². The maximum atomic E-state index is 13.7. The van der Waals surface area contributed by atoms with Crippen LogP contribution in [0.1, 0.15) is 122 Å². The van der Waals surface area contributed by atoms with Crippen molar-refractivity contribution in [1.82, 2.24) is 4.90 Å². The van der Waals surface area contributed by atoms with Gasteiger partial charge in [0.1, 0.15) is 0 Å². The van der Waals surface area contributed by atoms with Crippen molar-refractivity contribution in [1.29, 1.82) is 0 Å². The minimum Gasteiger partial charge on any atom is -0.393 e. The first-order valence-corrected chi connectivity index (χ1v) is 20.5. The predicted octanol–water partition coefficient (Wildman–Crippen LogP) is 7.88. The van der Waals surface area contributed by atoms with E-state index in [4.69, 9.17) is 0 Å². The smallest absolute Gasteiger partial charge is 0.0861 e. The molecule has 2 heterocycles. The van der Waals surface area contributed by atoms with Crippen LogP contribution < -0.4 is 0 Å². The average Bonchev–Trinajstić information content (AvgIpc) is 3.63. The molecule has 2 unspecified atom stereocenters. The Labute approximate surface area is 285 Å². The Morgan fingerprint density at radius 3 is 2.45 bits per heavy atom. The molecule has 260 valence electrons. The summed E-state index contributed by atoms with van der Waals surface area (Å²) >= 11 is 0. The van der Waals surface area contributed by atoms with Crippen LogP contribution in [0.25, 0.3) is 0 Å². The van der Waals surface area contributed by atoms with Gasteiger partial charge in [-0.3, -0.25) is 4.90 Å². The fraction of sp³-hybridized carbons (Fsp3) is 0.860. The predicted molar refractivity (Wildman–Crippen MR) is 187 cm³/mol. The molecule has 6 aliphatic carbocycles. The number of hydrogen-bond donors (Lipinski definition) is 3. The van der Waals surface area contributed by atoms with Crippen LogP contribution in [-0.4, -0.2) is 57.2 Å². The Bertz CT molecular complexity index is 1290. The van der Waals surface area contributed by atoms with E-state index in [2.05, 4.69) is 49.1 Å². The molecule has 0 radical (unpaired) electrons. The molecule has 6 saturated carbocycles. The maximum absolute atomic E-state index is 13.7. The number of benzene rings is 1. The Balaban J connectivity index is 0.999. The highest BCUT2D eigenvalue weighted by Crippen LogP contribution is 2.68. The van der Waals surface area contributed by atoms with E-state index in [-0.39, 0.29) is 23.5 Å². The van der Waals surface area contributed by atoms with Gasteiger partial charge >= 0.3 is 0 Å². The molecule has 0 aromatic heterocycles. The largest absolute Gasteiger partial charge is 0.393 e. The summed E-state index contributed by atoms with van der Waals surface area (Å²) < 4.78 is 0. The van der Waals surface area contributed by atoms with E-state index in [1.165, 1.54) is 102 Å². The number of hydrogen-bond acceptors (Lipinski definition) is 4. The molecule has 0 amide bonds. The van der Waals surface area contributed by atoms with Crippen molar-refractivity contribution < 1.29 is 15.3 Å². The normalized spacial score (nSPS) is 54.3. The zero-order valence-corrected chi connectivity index (χ0v) is 29.6. The zero-order chi connectivity index (χ0) is 32.1. The molecule has 4 nitrogen and oxygen atoms in total. The van der Waals surface area contributed by atoms with Gasteiger partial charge in [0.2, 0.25) is 0 Å². The van der Waals surface area contributed by atoms with E-state index in [0.717, 1.165) is 43.4 Å². The molecule has 8 fully saturated rings. The van der Waals surface area contributed by atoms with Gasteiger partial charge in [-0.15, -0.1) is 0 Å². The van der Waals surface area contributed by atoms with Gasteiger partial charge in [-0.2, -0.15) is 0 Å². The van der Waals surface area contributed by atoms with Gasteiger partial charge in [-0.1, -0.05) is 50.6 Å². The molecule has 2 aliphatic heterocycles. The molecule has 47 heavy (non-hydrogen) atoms. The van der Waals surface area contributed by atoms with Crippen LogP contribution in [0.5, 0.6) is 0 Å². The highest BCUT2D eigenvalue weighted by Gasteiger charge is 2.67. The molecule has 2 saturated heterocycles. The Morgan fingerprint density at radius 2 is 1.60 bits per heavy atom. The standard InChI is InChI=1S/C43H65NO3/c1-27-10-13-40-43(47,30-9-6-16-42(24-30)18-14-29(23-42)19-28-7-4-3-5-8-28)36-12-11-32-33(35(36)26-44(40)25-27)21-37-34(32)22-39(46)38-20-31(45)15-17-41(37,38)2/h3-5,7-8,27,29-40,45-47H,6,9-26H2,1-2H3/t27-,29-,30+,31+,32+,33+,34+,35?,36?,37-,38+,39+,40-,41-,42-,43+/m1/s1. The van der Waals surface area contributed by atoms with Crippen molar-refractivity contribution in [2.75, 3.05) is 13.1 Å². The highest BCUT2D eigenvalue weighted by atomic mass is 16.3. The number of rotatable bonds is 3. The van der Waals surface area contributed by atoms with Crippen molar-refractivity contribution in [2.24, 2.45) is 70.0 Å². The first-order chi connectivity index (χ1) is 22.7. The van der Waals surface area contributed by atoms with Crippen LogP contribution in [0.3, 0.4) is 0 Å². The Morgan fingerprint density at radius 1 is 0.745 bits per heavy atom. The van der Waals surface area contributed by atoms with Gasteiger partial charge in [0.25, 0.3) is 0 Å². The number of aliphatic hydroxyl groups excluding tert-OH is 2. The number of nitrogens with zero attached hydrogens (tertiary/aromatic N) is 1. The lowest BCUT2D eigenvalue weighted by molar-refractivity contribution is -0.221. The average molecular weight is 644 g/mol.